The minimum Gasteiger partial charge on any atom is -0.389 e. The third kappa shape index (κ3) is 3.71. The van der Waals surface area contributed by atoms with E-state index in [4.69, 9.17) is 0 Å². The van der Waals surface area contributed by atoms with Gasteiger partial charge in [-0.05, 0) is 27.3 Å². The molecule has 0 aromatic carbocycles. The van der Waals surface area contributed by atoms with E-state index in [1.165, 1.54) is 5.56 Å². The Morgan fingerprint density at radius 1 is 1.44 bits per heavy atom. The zero-order chi connectivity index (χ0) is 13.9. The molecule has 0 aliphatic rings. The van der Waals surface area contributed by atoms with Gasteiger partial charge in [-0.25, -0.2) is 0 Å². The molecule has 0 fully saturated rings. The van der Waals surface area contributed by atoms with Crippen LogP contribution in [-0.4, -0.2) is 40.6 Å². The van der Waals surface area contributed by atoms with E-state index in [9.17, 15) is 5.11 Å². The first-order valence-corrected chi connectivity index (χ1v) is 6.43. The zero-order valence-electron chi connectivity index (χ0n) is 12.4. The van der Waals surface area contributed by atoms with Gasteiger partial charge in [0.2, 0.25) is 0 Å². The van der Waals surface area contributed by atoms with Crippen LogP contribution in [0.5, 0.6) is 0 Å². The van der Waals surface area contributed by atoms with Crippen LogP contribution in [0.2, 0.25) is 0 Å². The molecular weight excluding hydrogens is 228 g/mol. The molecule has 0 spiro atoms. The molecule has 2 N–H and O–H groups in total. The highest BCUT2D eigenvalue weighted by molar-refractivity contribution is 5.49. The predicted octanol–water partition coefficient (Wildman–Crippen LogP) is 1.05. The van der Waals surface area contributed by atoms with Crippen molar-refractivity contribution in [2.75, 3.05) is 25.0 Å². The number of aliphatic hydroxyl groups is 1. The van der Waals surface area contributed by atoms with Crippen LogP contribution in [0.4, 0.5) is 5.82 Å². The fourth-order valence-electron chi connectivity index (χ4n) is 2.28. The minimum absolute atomic E-state index is 0.575. The van der Waals surface area contributed by atoms with Crippen molar-refractivity contribution in [3.63, 3.8) is 0 Å². The minimum atomic E-state index is -0.720. The molecule has 0 aliphatic carbocycles. The van der Waals surface area contributed by atoms with E-state index < -0.39 is 5.60 Å². The molecule has 5 heteroatoms. The van der Waals surface area contributed by atoms with Gasteiger partial charge in [-0.15, -0.1) is 0 Å². The monoisotopic (exact) mass is 254 g/mol. The van der Waals surface area contributed by atoms with Gasteiger partial charge >= 0.3 is 0 Å². The Morgan fingerprint density at radius 3 is 2.56 bits per heavy atom. The van der Waals surface area contributed by atoms with Crippen LogP contribution < -0.4 is 10.2 Å². The molecule has 1 aromatic heterocycles. The molecule has 1 heterocycles. The highest BCUT2D eigenvalue weighted by Crippen LogP contribution is 2.23. The summed E-state index contributed by atoms with van der Waals surface area (Å²) < 4.78 is 1.88. The summed E-state index contributed by atoms with van der Waals surface area (Å²) in [6.45, 7) is 10.1. The predicted molar refractivity (Wildman–Crippen MR) is 74.9 cm³/mol. The molecule has 0 radical (unpaired) electrons. The van der Waals surface area contributed by atoms with E-state index in [0.717, 1.165) is 24.6 Å². The fourth-order valence-corrected chi connectivity index (χ4v) is 2.28. The normalized spacial score (nSPS) is 11.9. The molecular formula is C13H26N4O. The average Bonchev–Trinajstić information content (AvgIpc) is 2.47. The summed E-state index contributed by atoms with van der Waals surface area (Å²) in [7, 11) is 3.93. The molecule has 18 heavy (non-hydrogen) atoms. The van der Waals surface area contributed by atoms with Crippen molar-refractivity contribution in [1.29, 1.82) is 0 Å². The number of anilines is 1. The van der Waals surface area contributed by atoms with E-state index in [1.54, 1.807) is 0 Å². The fraction of sp³-hybridized carbons (Fsp3) is 0.769. The van der Waals surface area contributed by atoms with Crippen LogP contribution in [0.3, 0.4) is 0 Å². The first kappa shape index (κ1) is 15.0. The number of likely N-dealkylation sites (N-methyl/N-ethyl adjacent to an activating group) is 1. The maximum atomic E-state index is 9.93. The van der Waals surface area contributed by atoms with Gasteiger partial charge in [-0.1, -0.05) is 6.92 Å². The van der Waals surface area contributed by atoms with Crippen molar-refractivity contribution in [3.05, 3.63) is 11.3 Å². The van der Waals surface area contributed by atoms with Gasteiger partial charge in [-0.3, -0.25) is 4.68 Å². The summed E-state index contributed by atoms with van der Waals surface area (Å²) in [5, 5.41) is 17.7. The van der Waals surface area contributed by atoms with Crippen LogP contribution >= 0.6 is 0 Å². The van der Waals surface area contributed by atoms with Crippen molar-refractivity contribution in [1.82, 2.24) is 15.1 Å². The number of hydrogen-bond acceptors (Lipinski definition) is 4. The van der Waals surface area contributed by atoms with Crippen molar-refractivity contribution >= 4 is 5.82 Å². The van der Waals surface area contributed by atoms with Crippen LogP contribution in [0.25, 0.3) is 0 Å². The second kappa shape index (κ2) is 5.71. The Hall–Kier alpha value is -1.07. The zero-order valence-corrected chi connectivity index (χ0v) is 12.4. The van der Waals surface area contributed by atoms with Gasteiger partial charge in [0, 0.05) is 32.7 Å². The standard InChI is InChI=1S/C13H26N4O/c1-7-14-8-11-10(2)15-17(6)12(11)16(5)9-13(3,4)18/h14,18H,7-9H2,1-6H3. The first-order chi connectivity index (χ1) is 8.26. The van der Waals surface area contributed by atoms with Crippen molar-refractivity contribution in [2.24, 2.45) is 7.05 Å². The molecule has 104 valence electrons. The van der Waals surface area contributed by atoms with Crippen molar-refractivity contribution < 1.29 is 5.11 Å². The molecule has 1 aromatic rings. The lowest BCUT2D eigenvalue weighted by Gasteiger charge is -2.28. The molecule has 0 aliphatic heterocycles. The Kier molecular flexibility index (Phi) is 4.76. The molecule has 0 unspecified atom stereocenters. The number of aryl methyl sites for hydroxylation is 2. The van der Waals surface area contributed by atoms with Crippen LogP contribution in [0, 0.1) is 6.92 Å². The molecule has 0 saturated heterocycles. The molecule has 0 saturated carbocycles. The maximum absolute atomic E-state index is 9.93. The van der Waals surface area contributed by atoms with Crippen LogP contribution in [-0.2, 0) is 13.6 Å². The van der Waals surface area contributed by atoms with E-state index in [-0.39, 0.29) is 0 Å². The Labute approximate surface area is 110 Å². The lowest BCUT2D eigenvalue weighted by molar-refractivity contribution is 0.0883. The van der Waals surface area contributed by atoms with Gasteiger partial charge in [-0.2, -0.15) is 5.10 Å². The van der Waals surface area contributed by atoms with Gasteiger partial charge in [0.25, 0.3) is 0 Å². The maximum Gasteiger partial charge on any atom is 0.131 e. The first-order valence-electron chi connectivity index (χ1n) is 6.43. The van der Waals surface area contributed by atoms with Crippen molar-refractivity contribution in [3.8, 4) is 0 Å². The van der Waals surface area contributed by atoms with E-state index in [2.05, 4.69) is 22.2 Å². The third-order valence-corrected chi connectivity index (χ3v) is 2.85. The number of nitrogens with zero attached hydrogens (tertiary/aromatic N) is 3. The van der Waals surface area contributed by atoms with E-state index >= 15 is 0 Å². The summed E-state index contributed by atoms with van der Waals surface area (Å²) >= 11 is 0. The average molecular weight is 254 g/mol. The summed E-state index contributed by atoms with van der Waals surface area (Å²) in [6.07, 6.45) is 0. The third-order valence-electron chi connectivity index (χ3n) is 2.85. The Balaban J connectivity index is 2.98. The largest absolute Gasteiger partial charge is 0.389 e. The second-order valence-electron chi connectivity index (χ2n) is 5.46. The van der Waals surface area contributed by atoms with Gasteiger partial charge in [0.05, 0.1) is 11.3 Å². The lowest BCUT2D eigenvalue weighted by atomic mass is 10.1. The summed E-state index contributed by atoms with van der Waals surface area (Å²) in [5.41, 5.74) is 1.52. The van der Waals surface area contributed by atoms with Crippen LogP contribution in [0.1, 0.15) is 32.0 Å². The molecule has 0 atom stereocenters. The lowest BCUT2D eigenvalue weighted by Crippen LogP contribution is -2.37. The van der Waals surface area contributed by atoms with E-state index in [0.29, 0.717) is 6.54 Å². The van der Waals surface area contributed by atoms with Crippen LogP contribution in [0.15, 0.2) is 0 Å². The molecule has 5 nitrogen and oxygen atoms in total. The summed E-state index contributed by atoms with van der Waals surface area (Å²) in [5.74, 6) is 1.07. The number of hydrogen-bond donors (Lipinski definition) is 2. The topological polar surface area (TPSA) is 53.3 Å². The number of aromatic nitrogens is 2. The quantitative estimate of drug-likeness (QED) is 0.796. The van der Waals surface area contributed by atoms with Crippen molar-refractivity contribution in [2.45, 2.75) is 39.8 Å². The summed E-state index contributed by atoms with van der Waals surface area (Å²) in [6, 6.07) is 0. The van der Waals surface area contributed by atoms with E-state index in [1.807, 2.05) is 39.5 Å². The molecule has 0 amide bonds. The number of rotatable bonds is 6. The highest BCUT2D eigenvalue weighted by Gasteiger charge is 2.21. The smallest absolute Gasteiger partial charge is 0.131 e. The van der Waals surface area contributed by atoms with Gasteiger partial charge < -0.3 is 15.3 Å². The SMILES string of the molecule is CCNCc1c(C)nn(C)c1N(C)CC(C)(C)O. The second-order valence-corrected chi connectivity index (χ2v) is 5.46. The highest BCUT2D eigenvalue weighted by atomic mass is 16.3. The molecule has 1 rings (SSSR count). The Bertz CT molecular complexity index is 392. The number of nitrogens with one attached hydrogen (secondary N) is 1. The molecule has 0 bridgehead atoms. The summed E-state index contributed by atoms with van der Waals surface area (Å²) in [4.78, 5) is 2.06. The van der Waals surface area contributed by atoms with Gasteiger partial charge in [0.15, 0.2) is 0 Å². The Morgan fingerprint density at radius 2 is 2.06 bits per heavy atom. The van der Waals surface area contributed by atoms with Gasteiger partial charge in [0.1, 0.15) is 5.82 Å².